The Labute approximate surface area is 114 Å². The average Bonchev–Trinajstić information content (AvgIpc) is 3.08. The number of imidazole rings is 1. The number of amides is 2. The van der Waals surface area contributed by atoms with Crippen LogP contribution in [0, 0.1) is 0 Å². The Kier molecular flexibility index (Phi) is 5.20. The largest absolute Gasteiger partial charge is 0.337 e. The molecule has 106 valence electrons. The zero-order chi connectivity index (χ0) is 13.5. The Bertz CT molecular complexity index is 372. The smallest absolute Gasteiger partial charge is 0.314 e. The van der Waals surface area contributed by atoms with E-state index in [0.29, 0.717) is 19.1 Å². The number of carbonyl (C=O) groups excluding carboxylic acids is 1. The van der Waals surface area contributed by atoms with E-state index in [0.717, 1.165) is 19.6 Å². The second-order valence-corrected chi connectivity index (χ2v) is 5.03. The maximum atomic E-state index is 11.6. The monoisotopic (exact) mass is 265 g/mol. The van der Waals surface area contributed by atoms with Crippen molar-refractivity contribution in [2.45, 2.75) is 32.4 Å². The lowest BCUT2D eigenvalue weighted by Gasteiger charge is -2.23. The fourth-order valence-electron chi connectivity index (χ4n) is 2.33. The van der Waals surface area contributed by atoms with Crippen molar-refractivity contribution in [3.05, 3.63) is 18.7 Å². The molecule has 0 aromatic carbocycles. The SMILES string of the molecule is C[C@@H](CNC(=O)NCCn1ccnc1)N1CCCC1. The minimum Gasteiger partial charge on any atom is -0.337 e. The van der Waals surface area contributed by atoms with Crippen LogP contribution in [0.2, 0.25) is 0 Å². The van der Waals surface area contributed by atoms with Crippen molar-refractivity contribution in [2.24, 2.45) is 0 Å². The third-order valence-electron chi connectivity index (χ3n) is 3.54. The molecule has 6 nitrogen and oxygen atoms in total. The summed E-state index contributed by atoms with van der Waals surface area (Å²) in [6.07, 6.45) is 7.92. The maximum absolute atomic E-state index is 11.6. The Morgan fingerprint density at radius 1 is 1.37 bits per heavy atom. The van der Waals surface area contributed by atoms with Crippen LogP contribution in [-0.4, -0.2) is 52.7 Å². The van der Waals surface area contributed by atoms with Crippen molar-refractivity contribution in [2.75, 3.05) is 26.2 Å². The average molecular weight is 265 g/mol. The number of likely N-dealkylation sites (tertiary alicyclic amines) is 1. The highest BCUT2D eigenvalue weighted by Gasteiger charge is 2.18. The normalized spacial score (nSPS) is 17.3. The van der Waals surface area contributed by atoms with Gasteiger partial charge in [0.1, 0.15) is 0 Å². The first-order valence-electron chi connectivity index (χ1n) is 6.97. The van der Waals surface area contributed by atoms with E-state index in [9.17, 15) is 4.79 Å². The van der Waals surface area contributed by atoms with Gasteiger partial charge >= 0.3 is 6.03 Å². The number of rotatable bonds is 6. The second kappa shape index (κ2) is 7.13. The molecule has 2 amide bonds. The highest BCUT2D eigenvalue weighted by molar-refractivity contribution is 5.73. The molecule has 1 saturated heterocycles. The van der Waals surface area contributed by atoms with Crippen LogP contribution >= 0.6 is 0 Å². The third-order valence-corrected chi connectivity index (χ3v) is 3.54. The number of urea groups is 1. The summed E-state index contributed by atoms with van der Waals surface area (Å²) in [6, 6.07) is 0.327. The van der Waals surface area contributed by atoms with Crippen molar-refractivity contribution in [1.82, 2.24) is 25.1 Å². The van der Waals surface area contributed by atoms with Gasteiger partial charge in [0.2, 0.25) is 0 Å². The first kappa shape index (κ1) is 13.9. The van der Waals surface area contributed by atoms with Gasteiger partial charge in [-0.05, 0) is 32.9 Å². The lowest BCUT2D eigenvalue weighted by molar-refractivity contribution is 0.226. The summed E-state index contributed by atoms with van der Waals surface area (Å²) in [5, 5.41) is 5.77. The van der Waals surface area contributed by atoms with Gasteiger partial charge in [0, 0.05) is 38.1 Å². The number of hydrogen-bond acceptors (Lipinski definition) is 3. The molecule has 2 rings (SSSR count). The molecular weight excluding hydrogens is 242 g/mol. The first-order chi connectivity index (χ1) is 9.25. The van der Waals surface area contributed by atoms with Crippen molar-refractivity contribution < 1.29 is 4.79 Å². The maximum Gasteiger partial charge on any atom is 0.314 e. The van der Waals surface area contributed by atoms with Gasteiger partial charge in [0.05, 0.1) is 6.33 Å². The summed E-state index contributed by atoms with van der Waals surface area (Å²) in [6.45, 7) is 6.54. The molecule has 0 saturated carbocycles. The second-order valence-electron chi connectivity index (χ2n) is 5.03. The van der Waals surface area contributed by atoms with Gasteiger partial charge in [-0.1, -0.05) is 0 Å². The minimum absolute atomic E-state index is 0.0915. The molecule has 0 bridgehead atoms. The van der Waals surface area contributed by atoms with Gasteiger partial charge in [-0.3, -0.25) is 4.90 Å². The van der Waals surface area contributed by atoms with Crippen LogP contribution in [0.15, 0.2) is 18.7 Å². The summed E-state index contributed by atoms with van der Waals surface area (Å²) in [5.41, 5.74) is 0. The van der Waals surface area contributed by atoms with Crippen LogP contribution in [0.4, 0.5) is 4.79 Å². The van der Waals surface area contributed by atoms with E-state index in [1.807, 2.05) is 10.8 Å². The molecule has 2 heterocycles. The molecule has 1 aromatic rings. The predicted molar refractivity (Wildman–Crippen MR) is 73.9 cm³/mol. The molecule has 0 radical (unpaired) electrons. The van der Waals surface area contributed by atoms with E-state index in [2.05, 4.69) is 27.4 Å². The van der Waals surface area contributed by atoms with Gasteiger partial charge in [-0.15, -0.1) is 0 Å². The lowest BCUT2D eigenvalue weighted by Crippen LogP contribution is -2.44. The molecule has 1 aliphatic rings. The zero-order valence-corrected chi connectivity index (χ0v) is 11.5. The molecule has 6 heteroatoms. The fraction of sp³-hybridized carbons (Fsp3) is 0.692. The first-order valence-corrected chi connectivity index (χ1v) is 6.97. The molecule has 1 aliphatic heterocycles. The van der Waals surface area contributed by atoms with Crippen molar-refractivity contribution in [1.29, 1.82) is 0 Å². The molecule has 0 aliphatic carbocycles. The van der Waals surface area contributed by atoms with Gasteiger partial charge in [-0.2, -0.15) is 0 Å². The molecule has 2 N–H and O–H groups in total. The Balaban J connectivity index is 1.56. The number of carbonyl (C=O) groups is 1. The number of hydrogen-bond donors (Lipinski definition) is 2. The molecular formula is C13H23N5O. The van der Waals surface area contributed by atoms with E-state index in [-0.39, 0.29) is 6.03 Å². The molecule has 1 aromatic heterocycles. The number of nitrogens with one attached hydrogen (secondary N) is 2. The standard InChI is InChI=1S/C13H23N5O/c1-12(18-6-2-3-7-18)10-16-13(19)15-5-9-17-8-4-14-11-17/h4,8,11-12H,2-3,5-7,9-10H2,1H3,(H2,15,16,19)/t12-/m0/s1. The topological polar surface area (TPSA) is 62.2 Å². The van der Waals surface area contributed by atoms with E-state index < -0.39 is 0 Å². The van der Waals surface area contributed by atoms with Crippen molar-refractivity contribution in [3.8, 4) is 0 Å². The number of aromatic nitrogens is 2. The molecule has 0 spiro atoms. The summed E-state index contributed by atoms with van der Waals surface area (Å²) >= 11 is 0. The van der Waals surface area contributed by atoms with Gasteiger partial charge in [-0.25, -0.2) is 9.78 Å². The van der Waals surface area contributed by atoms with Gasteiger partial charge in [0.25, 0.3) is 0 Å². The molecule has 0 unspecified atom stereocenters. The third kappa shape index (κ3) is 4.55. The van der Waals surface area contributed by atoms with Crippen molar-refractivity contribution >= 4 is 6.03 Å². The molecule has 19 heavy (non-hydrogen) atoms. The quantitative estimate of drug-likeness (QED) is 0.794. The minimum atomic E-state index is -0.0915. The van der Waals surface area contributed by atoms with E-state index in [1.54, 1.807) is 12.5 Å². The summed E-state index contributed by atoms with van der Waals surface area (Å²) in [7, 11) is 0. The Morgan fingerprint density at radius 3 is 2.84 bits per heavy atom. The van der Waals surface area contributed by atoms with Crippen LogP contribution < -0.4 is 10.6 Å². The van der Waals surface area contributed by atoms with Crippen LogP contribution in [-0.2, 0) is 6.54 Å². The van der Waals surface area contributed by atoms with E-state index in [4.69, 9.17) is 0 Å². The van der Waals surface area contributed by atoms with Gasteiger partial charge in [0.15, 0.2) is 0 Å². The van der Waals surface area contributed by atoms with E-state index in [1.165, 1.54) is 12.8 Å². The molecule has 1 atom stereocenters. The lowest BCUT2D eigenvalue weighted by atomic mass is 10.3. The highest BCUT2D eigenvalue weighted by atomic mass is 16.2. The fourth-order valence-corrected chi connectivity index (χ4v) is 2.33. The molecule has 1 fully saturated rings. The zero-order valence-electron chi connectivity index (χ0n) is 11.5. The number of nitrogens with zero attached hydrogens (tertiary/aromatic N) is 3. The van der Waals surface area contributed by atoms with Crippen LogP contribution in [0.25, 0.3) is 0 Å². The van der Waals surface area contributed by atoms with Crippen LogP contribution in [0.3, 0.4) is 0 Å². The predicted octanol–water partition coefficient (Wildman–Crippen LogP) is 0.667. The van der Waals surface area contributed by atoms with Crippen molar-refractivity contribution in [3.63, 3.8) is 0 Å². The Hall–Kier alpha value is -1.56. The Morgan fingerprint density at radius 2 is 2.16 bits per heavy atom. The summed E-state index contributed by atoms with van der Waals surface area (Å²) < 4.78 is 1.94. The van der Waals surface area contributed by atoms with E-state index >= 15 is 0 Å². The highest BCUT2D eigenvalue weighted by Crippen LogP contribution is 2.10. The van der Waals surface area contributed by atoms with Crippen LogP contribution in [0.1, 0.15) is 19.8 Å². The van der Waals surface area contributed by atoms with Crippen LogP contribution in [0.5, 0.6) is 0 Å². The summed E-state index contributed by atoms with van der Waals surface area (Å²) in [5.74, 6) is 0. The summed E-state index contributed by atoms with van der Waals surface area (Å²) in [4.78, 5) is 18.0. The van der Waals surface area contributed by atoms with Gasteiger partial charge < -0.3 is 15.2 Å².